The molecular formula is C14H17BrN2O2. The Morgan fingerprint density at radius 2 is 2.00 bits per heavy atom. The molecule has 0 bridgehead atoms. The Labute approximate surface area is 121 Å². The van der Waals surface area contributed by atoms with Crippen LogP contribution in [0, 0.1) is 5.92 Å². The van der Waals surface area contributed by atoms with Gasteiger partial charge in [-0.25, -0.2) is 0 Å². The van der Waals surface area contributed by atoms with Gasteiger partial charge in [0.1, 0.15) is 0 Å². The lowest BCUT2D eigenvalue weighted by Gasteiger charge is -2.30. The fourth-order valence-electron chi connectivity index (χ4n) is 2.24. The van der Waals surface area contributed by atoms with Crippen LogP contribution in [0.3, 0.4) is 0 Å². The number of piperidine rings is 1. The van der Waals surface area contributed by atoms with Crippen LogP contribution in [-0.2, 0) is 9.59 Å². The van der Waals surface area contributed by atoms with Crippen molar-refractivity contribution < 1.29 is 9.59 Å². The fourth-order valence-corrected chi connectivity index (χ4v) is 2.50. The lowest BCUT2D eigenvalue weighted by molar-refractivity contribution is -0.144. The molecule has 1 heterocycles. The standard InChI is InChI=1S/C14H17BrN2O2/c1-10-3-2-8-17(9-10)14(19)13(18)16-12-6-4-11(15)5-7-12/h4-7,10H,2-3,8-9H2,1H3,(H,16,18). The zero-order chi connectivity index (χ0) is 13.8. The number of carbonyl (C=O) groups excluding carboxylic acids is 2. The van der Waals surface area contributed by atoms with Gasteiger partial charge >= 0.3 is 11.8 Å². The minimum absolute atomic E-state index is 0.436. The fraction of sp³-hybridized carbons (Fsp3) is 0.429. The number of anilines is 1. The molecule has 4 nitrogen and oxygen atoms in total. The SMILES string of the molecule is CC1CCCN(C(=O)C(=O)Nc2ccc(Br)cc2)C1. The smallest absolute Gasteiger partial charge is 0.313 e. The number of likely N-dealkylation sites (tertiary alicyclic amines) is 1. The average Bonchev–Trinajstić information content (AvgIpc) is 2.40. The van der Waals surface area contributed by atoms with E-state index in [0.29, 0.717) is 24.7 Å². The molecule has 0 aliphatic carbocycles. The van der Waals surface area contributed by atoms with Crippen molar-refractivity contribution in [3.05, 3.63) is 28.7 Å². The van der Waals surface area contributed by atoms with Crippen molar-refractivity contribution in [1.29, 1.82) is 0 Å². The maximum absolute atomic E-state index is 12.0. The summed E-state index contributed by atoms with van der Waals surface area (Å²) >= 11 is 3.32. The number of carbonyl (C=O) groups is 2. The van der Waals surface area contributed by atoms with Crippen LogP contribution in [0.1, 0.15) is 19.8 Å². The van der Waals surface area contributed by atoms with E-state index in [1.165, 1.54) is 0 Å². The van der Waals surface area contributed by atoms with Gasteiger partial charge in [0.15, 0.2) is 0 Å². The van der Waals surface area contributed by atoms with Gasteiger partial charge in [-0.05, 0) is 43.0 Å². The predicted molar refractivity (Wildman–Crippen MR) is 77.7 cm³/mol. The second kappa shape index (κ2) is 6.19. The minimum atomic E-state index is -0.559. The van der Waals surface area contributed by atoms with Gasteiger partial charge in [0.2, 0.25) is 0 Å². The van der Waals surface area contributed by atoms with E-state index < -0.39 is 11.8 Å². The van der Waals surface area contributed by atoms with E-state index in [9.17, 15) is 9.59 Å². The molecule has 19 heavy (non-hydrogen) atoms. The highest BCUT2D eigenvalue weighted by atomic mass is 79.9. The number of hydrogen-bond donors (Lipinski definition) is 1. The molecule has 1 aromatic rings. The highest BCUT2D eigenvalue weighted by Crippen LogP contribution is 2.17. The van der Waals surface area contributed by atoms with Crippen molar-refractivity contribution in [2.45, 2.75) is 19.8 Å². The monoisotopic (exact) mass is 324 g/mol. The normalized spacial score (nSPS) is 19.1. The lowest BCUT2D eigenvalue weighted by atomic mass is 10.0. The third kappa shape index (κ3) is 3.80. The van der Waals surface area contributed by atoms with Crippen LogP contribution in [0.5, 0.6) is 0 Å². The summed E-state index contributed by atoms with van der Waals surface area (Å²) in [6.45, 7) is 3.45. The molecule has 0 spiro atoms. The summed E-state index contributed by atoms with van der Waals surface area (Å²) in [6.07, 6.45) is 2.09. The Bertz CT molecular complexity index is 473. The van der Waals surface area contributed by atoms with E-state index >= 15 is 0 Å². The maximum Gasteiger partial charge on any atom is 0.313 e. The molecule has 0 radical (unpaired) electrons. The van der Waals surface area contributed by atoms with Crippen molar-refractivity contribution in [3.63, 3.8) is 0 Å². The lowest BCUT2D eigenvalue weighted by Crippen LogP contribution is -2.44. The largest absolute Gasteiger partial charge is 0.334 e. The zero-order valence-corrected chi connectivity index (χ0v) is 12.4. The third-order valence-corrected chi connectivity index (χ3v) is 3.77. The first kappa shape index (κ1) is 14.1. The van der Waals surface area contributed by atoms with E-state index in [-0.39, 0.29) is 0 Å². The van der Waals surface area contributed by atoms with E-state index in [2.05, 4.69) is 28.2 Å². The molecule has 2 amide bonds. The molecule has 1 N–H and O–H groups in total. The Hall–Kier alpha value is -1.36. The number of nitrogens with zero attached hydrogens (tertiary/aromatic N) is 1. The summed E-state index contributed by atoms with van der Waals surface area (Å²) in [5.74, 6) is -0.524. The highest BCUT2D eigenvalue weighted by molar-refractivity contribution is 9.10. The molecule has 0 saturated carbocycles. The first-order valence-corrected chi connectivity index (χ1v) is 7.21. The quantitative estimate of drug-likeness (QED) is 0.807. The van der Waals surface area contributed by atoms with Crippen LogP contribution in [0.25, 0.3) is 0 Å². The van der Waals surface area contributed by atoms with Crippen molar-refractivity contribution in [2.75, 3.05) is 18.4 Å². The second-order valence-electron chi connectivity index (χ2n) is 4.96. The first-order valence-electron chi connectivity index (χ1n) is 6.42. The molecule has 1 aromatic carbocycles. The average molecular weight is 325 g/mol. The maximum atomic E-state index is 12.0. The van der Waals surface area contributed by atoms with Gasteiger partial charge in [0.25, 0.3) is 0 Å². The number of rotatable bonds is 1. The highest BCUT2D eigenvalue weighted by Gasteiger charge is 2.25. The van der Waals surface area contributed by atoms with Gasteiger partial charge < -0.3 is 10.2 Å². The van der Waals surface area contributed by atoms with Gasteiger partial charge in [0, 0.05) is 23.2 Å². The Morgan fingerprint density at radius 1 is 1.32 bits per heavy atom. The number of hydrogen-bond acceptors (Lipinski definition) is 2. The van der Waals surface area contributed by atoms with Crippen LogP contribution in [0.2, 0.25) is 0 Å². The molecule has 2 rings (SSSR count). The van der Waals surface area contributed by atoms with E-state index in [0.717, 1.165) is 17.3 Å². The molecule has 1 saturated heterocycles. The van der Waals surface area contributed by atoms with Crippen molar-refractivity contribution in [1.82, 2.24) is 4.90 Å². The number of benzene rings is 1. The predicted octanol–water partition coefficient (Wildman–Crippen LogP) is 2.65. The topological polar surface area (TPSA) is 49.4 Å². The zero-order valence-electron chi connectivity index (χ0n) is 10.9. The molecule has 102 valence electrons. The summed E-state index contributed by atoms with van der Waals surface area (Å²) in [5.41, 5.74) is 0.631. The third-order valence-electron chi connectivity index (χ3n) is 3.24. The Morgan fingerprint density at radius 3 is 2.63 bits per heavy atom. The molecule has 1 aliphatic heterocycles. The Kier molecular flexibility index (Phi) is 4.58. The second-order valence-corrected chi connectivity index (χ2v) is 5.88. The van der Waals surface area contributed by atoms with Crippen molar-refractivity contribution >= 4 is 33.4 Å². The van der Waals surface area contributed by atoms with Crippen molar-refractivity contribution in [3.8, 4) is 0 Å². The molecule has 1 aliphatic rings. The summed E-state index contributed by atoms with van der Waals surface area (Å²) < 4.78 is 0.932. The molecule has 5 heteroatoms. The van der Waals surface area contributed by atoms with E-state index in [1.807, 2.05) is 12.1 Å². The first-order chi connectivity index (χ1) is 9.06. The summed E-state index contributed by atoms with van der Waals surface area (Å²) in [4.78, 5) is 25.6. The molecule has 0 aromatic heterocycles. The van der Waals surface area contributed by atoms with Crippen LogP contribution in [0.15, 0.2) is 28.7 Å². The van der Waals surface area contributed by atoms with Gasteiger partial charge in [-0.3, -0.25) is 9.59 Å². The van der Waals surface area contributed by atoms with E-state index in [1.54, 1.807) is 17.0 Å². The summed E-state index contributed by atoms with van der Waals surface area (Å²) in [5, 5.41) is 2.63. The molecule has 1 fully saturated rings. The Balaban J connectivity index is 1.95. The molecule has 1 unspecified atom stereocenters. The van der Waals surface area contributed by atoms with Gasteiger partial charge in [0.05, 0.1) is 0 Å². The van der Waals surface area contributed by atoms with Gasteiger partial charge in [-0.2, -0.15) is 0 Å². The van der Waals surface area contributed by atoms with Crippen LogP contribution < -0.4 is 5.32 Å². The van der Waals surface area contributed by atoms with Crippen LogP contribution >= 0.6 is 15.9 Å². The van der Waals surface area contributed by atoms with E-state index in [4.69, 9.17) is 0 Å². The van der Waals surface area contributed by atoms with Crippen LogP contribution in [0.4, 0.5) is 5.69 Å². The molecular weight excluding hydrogens is 308 g/mol. The number of halogens is 1. The summed E-state index contributed by atoms with van der Waals surface area (Å²) in [6, 6.07) is 7.16. The van der Waals surface area contributed by atoms with Gasteiger partial charge in [-0.1, -0.05) is 22.9 Å². The van der Waals surface area contributed by atoms with Gasteiger partial charge in [-0.15, -0.1) is 0 Å². The number of nitrogens with one attached hydrogen (secondary N) is 1. The van der Waals surface area contributed by atoms with Crippen LogP contribution in [-0.4, -0.2) is 29.8 Å². The molecule has 1 atom stereocenters. The number of amides is 2. The summed E-state index contributed by atoms with van der Waals surface area (Å²) in [7, 11) is 0. The minimum Gasteiger partial charge on any atom is -0.334 e. The van der Waals surface area contributed by atoms with Crippen molar-refractivity contribution in [2.24, 2.45) is 5.92 Å².